The first kappa shape index (κ1) is 15.9. The van der Waals surface area contributed by atoms with Crippen molar-refractivity contribution in [1.29, 1.82) is 0 Å². The minimum atomic E-state index is 0.0318. The van der Waals surface area contributed by atoms with Crippen molar-refractivity contribution in [1.82, 2.24) is 14.7 Å². The van der Waals surface area contributed by atoms with E-state index in [1.54, 1.807) is 0 Å². The Morgan fingerprint density at radius 3 is 2.60 bits per heavy atom. The number of aromatic nitrogens is 2. The van der Waals surface area contributed by atoms with E-state index in [2.05, 4.69) is 15.8 Å². The van der Waals surface area contributed by atoms with Gasteiger partial charge in [-0.05, 0) is 44.0 Å². The molecule has 3 aromatic rings. The minimum Gasteiger partial charge on any atom is -0.349 e. The molecule has 0 unspecified atom stereocenters. The second kappa shape index (κ2) is 6.71. The highest BCUT2D eigenvalue weighted by molar-refractivity contribution is 5.95. The van der Waals surface area contributed by atoms with Gasteiger partial charge in [0.2, 0.25) is 0 Å². The summed E-state index contributed by atoms with van der Waals surface area (Å²) in [7, 11) is 0. The van der Waals surface area contributed by atoms with Crippen molar-refractivity contribution in [2.75, 3.05) is 0 Å². The van der Waals surface area contributed by atoms with Gasteiger partial charge in [-0.3, -0.25) is 4.79 Å². The monoisotopic (exact) mass is 333 g/mol. The zero-order valence-corrected chi connectivity index (χ0v) is 14.5. The highest BCUT2D eigenvalue weighted by Crippen LogP contribution is 2.25. The van der Waals surface area contributed by atoms with Crippen LogP contribution in [-0.4, -0.2) is 21.3 Å². The van der Waals surface area contributed by atoms with Gasteiger partial charge in [0.1, 0.15) is 5.82 Å². The second-order valence-electron chi connectivity index (χ2n) is 6.85. The fraction of sp³-hybridized carbons (Fsp3) is 0.333. The largest absolute Gasteiger partial charge is 0.349 e. The van der Waals surface area contributed by atoms with Gasteiger partial charge in [0.05, 0.1) is 11.2 Å². The van der Waals surface area contributed by atoms with Gasteiger partial charge >= 0.3 is 0 Å². The fourth-order valence-electron chi connectivity index (χ4n) is 3.70. The first-order valence-electron chi connectivity index (χ1n) is 9.07. The number of amides is 1. The second-order valence-corrected chi connectivity index (χ2v) is 6.85. The molecule has 4 heteroatoms. The molecule has 0 aliphatic heterocycles. The Labute approximate surface area is 147 Å². The van der Waals surface area contributed by atoms with Crippen LogP contribution in [0.3, 0.4) is 0 Å². The zero-order chi connectivity index (χ0) is 17.2. The number of aryl methyl sites for hydroxylation is 1. The maximum Gasteiger partial charge on any atom is 0.251 e. The van der Waals surface area contributed by atoms with Crippen LogP contribution < -0.4 is 5.32 Å². The van der Waals surface area contributed by atoms with E-state index in [0.717, 1.165) is 41.0 Å². The minimum absolute atomic E-state index is 0.0318. The molecule has 0 atom stereocenters. The van der Waals surface area contributed by atoms with Gasteiger partial charge in [0.25, 0.3) is 5.91 Å². The van der Waals surface area contributed by atoms with E-state index >= 15 is 0 Å². The molecule has 1 N–H and O–H groups in total. The van der Waals surface area contributed by atoms with Gasteiger partial charge in [-0.1, -0.05) is 37.5 Å². The van der Waals surface area contributed by atoms with Crippen LogP contribution in [0.15, 0.2) is 48.7 Å². The maximum absolute atomic E-state index is 12.4. The fourth-order valence-corrected chi connectivity index (χ4v) is 3.70. The SMILES string of the molecule is Cc1nc(-c2ccc(C(=O)NC3CCCCC3)cc2)c2ccccn12. The molecule has 0 saturated heterocycles. The Balaban J connectivity index is 1.56. The van der Waals surface area contributed by atoms with Crippen molar-refractivity contribution in [2.24, 2.45) is 0 Å². The molecule has 4 nitrogen and oxygen atoms in total. The number of fused-ring (bicyclic) bond motifs is 1. The molecule has 1 saturated carbocycles. The van der Waals surface area contributed by atoms with E-state index < -0.39 is 0 Å². The Bertz CT molecular complexity index is 889. The van der Waals surface area contributed by atoms with Crippen LogP contribution in [0.25, 0.3) is 16.8 Å². The third-order valence-electron chi connectivity index (χ3n) is 5.09. The van der Waals surface area contributed by atoms with Crippen molar-refractivity contribution >= 4 is 11.4 Å². The van der Waals surface area contributed by atoms with Crippen LogP contribution in [-0.2, 0) is 0 Å². The smallest absolute Gasteiger partial charge is 0.251 e. The number of hydrogen-bond acceptors (Lipinski definition) is 2. The highest BCUT2D eigenvalue weighted by atomic mass is 16.1. The van der Waals surface area contributed by atoms with Crippen LogP contribution in [0.5, 0.6) is 0 Å². The van der Waals surface area contributed by atoms with Gasteiger partial charge in [-0.25, -0.2) is 4.98 Å². The van der Waals surface area contributed by atoms with Crippen molar-refractivity contribution in [3.63, 3.8) is 0 Å². The van der Waals surface area contributed by atoms with E-state index in [1.165, 1.54) is 19.3 Å². The molecule has 4 rings (SSSR count). The number of benzene rings is 1. The standard InChI is InChI=1S/C21H23N3O/c1-15-22-20(19-9-5-6-14-24(15)19)16-10-12-17(13-11-16)21(25)23-18-7-3-2-4-8-18/h5-6,9-14,18H,2-4,7-8H2,1H3,(H,23,25). The van der Waals surface area contributed by atoms with Gasteiger partial charge in [-0.15, -0.1) is 0 Å². The molecule has 1 fully saturated rings. The predicted octanol–water partition coefficient (Wildman–Crippen LogP) is 4.37. The lowest BCUT2D eigenvalue weighted by Gasteiger charge is -2.22. The normalized spacial score (nSPS) is 15.4. The van der Waals surface area contributed by atoms with Crippen LogP contribution in [0.1, 0.15) is 48.3 Å². The van der Waals surface area contributed by atoms with Crippen LogP contribution in [0.2, 0.25) is 0 Å². The van der Waals surface area contributed by atoms with Gasteiger partial charge in [-0.2, -0.15) is 0 Å². The van der Waals surface area contributed by atoms with Gasteiger partial charge in [0, 0.05) is 23.4 Å². The molecule has 2 aromatic heterocycles. The lowest BCUT2D eigenvalue weighted by molar-refractivity contribution is 0.0927. The number of nitrogens with zero attached hydrogens (tertiary/aromatic N) is 2. The van der Waals surface area contributed by atoms with Crippen LogP contribution >= 0.6 is 0 Å². The van der Waals surface area contributed by atoms with E-state index in [9.17, 15) is 4.79 Å². The number of rotatable bonds is 3. The van der Waals surface area contributed by atoms with E-state index in [1.807, 2.05) is 49.5 Å². The summed E-state index contributed by atoms with van der Waals surface area (Å²) in [6.07, 6.45) is 7.95. The summed E-state index contributed by atoms with van der Waals surface area (Å²) in [6, 6.07) is 14.2. The molecule has 25 heavy (non-hydrogen) atoms. The van der Waals surface area contributed by atoms with Gasteiger partial charge < -0.3 is 9.72 Å². The molecule has 128 valence electrons. The summed E-state index contributed by atoms with van der Waals surface area (Å²) < 4.78 is 2.08. The Morgan fingerprint density at radius 2 is 1.84 bits per heavy atom. The summed E-state index contributed by atoms with van der Waals surface area (Å²) >= 11 is 0. The number of carbonyl (C=O) groups is 1. The molecule has 1 aromatic carbocycles. The van der Waals surface area contributed by atoms with Crippen LogP contribution in [0, 0.1) is 6.92 Å². The number of hydrogen-bond donors (Lipinski definition) is 1. The molecule has 1 aliphatic rings. The van der Waals surface area contributed by atoms with E-state index in [-0.39, 0.29) is 5.91 Å². The molecular formula is C21H23N3O. The lowest BCUT2D eigenvalue weighted by atomic mass is 9.95. The number of pyridine rings is 1. The average Bonchev–Trinajstić information content (AvgIpc) is 3.00. The average molecular weight is 333 g/mol. The Hall–Kier alpha value is -2.62. The van der Waals surface area contributed by atoms with Crippen LogP contribution in [0.4, 0.5) is 0 Å². The molecule has 0 spiro atoms. The van der Waals surface area contributed by atoms with Crippen molar-refractivity contribution in [2.45, 2.75) is 45.1 Å². The highest BCUT2D eigenvalue weighted by Gasteiger charge is 2.17. The lowest BCUT2D eigenvalue weighted by Crippen LogP contribution is -2.36. The van der Waals surface area contributed by atoms with Crippen molar-refractivity contribution < 1.29 is 4.79 Å². The third-order valence-corrected chi connectivity index (χ3v) is 5.09. The summed E-state index contributed by atoms with van der Waals surface area (Å²) in [5.41, 5.74) is 3.79. The van der Waals surface area contributed by atoms with E-state index in [0.29, 0.717) is 6.04 Å². The Kier molecular flexibility index (Phi) is 4.26. The molecule has 0 radical (unpaired) electrons. The van der Waals surface area contributed by atoms with Crippen molar-refractivity contribution in [3.8, 4) is 11.3 Å². The summed E-state index contributed by atoms with van der Waals surface area (Å²) in [5.74, 6) is 0.994. The molecule has 0 bridgehead atoms. The number of carbonyl (C=O) groups excluding carboxylic acids is 1. The first-order chi connectivity index (χ1) is 12.2. The maximum atomic E-state index is 12.4. The predicted molar refractivity (Wildman–Crippen MR) is 99.7 cm³/mol. The van der Waals surface area contributed by atoms with Gasteiger partial charge in [0.15, 0.2) is 0 Å². The molecular weight excluding hydrogens is 310 g/mol. The zero-order valence-electron chi connectivity index (χ0n) is 14.5. The topological polar surface area (TPSA) is 46.4 Å². The first-order valence-corrected chi connectivity index (χ1v) is 9.07. The molecule has 2 heterocycles. The molecule has 1 amide bonds. The molecule has 1 aliphatic carbocycles. The summed E-state index contributed by atoms with van der Waals surface area (Å²) in [5, 5.41) is 3.17. The third kappa shape index (κ3) is 3.16. The number of nitrogens with one attached hydrogen (secondary N) is 1. The summed E-state index contributed by atoms with van der Waals surface area (Å²) in [4.78, 5) is 17.1. The number of imidazole rings is 1. The van der Waals surface area contributed by atoms with E-state index in [4.69, 9.17) is 4.98 Å². The summed E-state index contributed by atoms with van der Waals surface area (Å²) in [6.45, 7) is 2.00. The quantitative estimate of drug-likeness (QED) is 0.773. The van der Waals surface area contributed by atoms with Crippen molar-refractivity contribution in [3.05, 3.63) is 60.0 Å². The Morgan fingerprint density at radius 1 is 1.08 bits per heavy atom.